The van der Waals surface area contributed by atoms with E-state index in [1.807, 2.05) is 0 Å². The van der Waals surface area contributed by atoms with Crippen LogP contribution >= 0.6 is 0 Å². The molecule has 0 radical (unpaired) electrons. The molecule has 0 aromatic heterocycles. The average molecular weight is 222 g/mol. The van der Waals surface area contributed by atoms with Gasteiger partial charge >= 0.3 is 0 Å². The van der Waals surface area contributed by atoms with Crippen molar-refractivity contribution in [2.45, 2.75) is 72.1 Å². The molecule has 0 saturated carbocycles. The molecule has 0 heterocycles. The van der Waals surface area contributed by atoms with E-state index in [0.717, 1.165) is 12.3 Å². The summed E-state index contributed by atoms with van der Waals surface area (Å²) < 4.78 is 0. The van der Waals surface area contributed by atoms with E-state index in [9.17, 15) is 0 Å². The maximum absolute atomic E-state index is 2.33. The Labute approximate surface area is 103 Å². The van der Waals surface area contributed by atoms with Crippen LogP contribution in [0.5, 0.6) is 0 Å². The van der Waals surface area contributed by atoms with E-state index < -0.39 is 0 Å². The molecule has 0 rings (SSSR count). The molecule has 0 N–H and O–H groups in total. The molecule has 0 heteroatoms. The summed E-state index contributed by atoms with van der Waals surface area (Å²) in [5.41, 5.74) is 0. The van der Waals surface area contributed by atoms with Crippen LogP contribution in [-0.4, -0.2) is 0 Å². The van der Waals surface area contributed by atoms with Crippen LogP contribution in [0.1, 0.15) is 72.1 Å². The van der Waals surface area contributed by atoms with Crippen LogP contribution in [-0.2, 0) is 0 Å². The summed E-state index contributed by atoms with van der Waals surface area (Å²) in [6, 6.07) is 0. The van der Waals surface area contributed by atoms with Crippen molar-refractivity contribution in [1.82, 2.24) is 0 Å². The van der Waals surface area contributed by atoms with Gasteiger partial charge in [0.05, 0.1) is 0 Å². The van der Waals surface area contributed by atoms with Gasteiger partial charge in [0.1, 0.15) is 0 Å². The van der Waals surface area contributed by atoms with Gasteiger partial charge in [0.25, 0.3) is 0 Å². The number of hydrogen-bond acceptors (Lipinski definition) is 0. The number of allylic oxidation sites excluding steroid dienone is 4. The van der Waals surface area contributed by atoms with Gasteiger partial charge in [0.2, 0.25) is 0 Å². The van der Waals surface area contributed by atoms with Crippen molar-refractivity contribution in [3.8, 4) is 0 Å². The third kappa shape index (κ3) is 13.5. The molecule has 0 nitrogen and oxygen atoms in total. The number of unbranched alkanes of at least 4 members (excludes halogenated alkanes) is 4. The first-order chi connectivity index (χ1) is 7.77. The smallest absolute Gasteiger partial charge is 0.0169 e. The van der Waals surface area contributed by atoms with E-state index in [1.165, 1.54) is 44.9 Å². The molecule has 94 valence electrons. The largest absolute Gasteiger partial charge is 0.0882 e. The Morgan fingerprint density at radius 3 is 2.00 bits per heavy atom. The van der Waals surface area contributed by atoms with Crippen LogP contribution in [0.25, 0.3) is 0 Å². The summed E-state index contributed by atoms with van der Waals surface area (Å²) in [4.78, 5) is 0. The van der Waals surface area contributed by atoms with Crippen LogP contribution < -0.4 is 0 Å². The van der Waals surface area contributed by atoms with E-state index in [4.69, 9.17) is 0 Å². The van der Waals surface area contributed by atoms with Gasteiger partial charge in [-0.05, 0) is 38.0 Å². The highest BCUT2D eigenvalue weighted by molar-refractivity contribution is 4.92. The lowest BCUT2D eigenvalue weighted by Gasteiger charge is -2.00. The molecule has 0 fully saturated rings. The minimum absolute atomic E-state index is 0.854. The molecule has 0 aromatic carbocycles. The second-order valence-electron chi connectivity index (χ2n) is 5.00. The van der Waals surface area contributed by atoms with Gasteiger partial charge in [0.15, 0.2) is 0 Å². The second-order valence-corrected chi connectivity index (χ2v) is 5.00. The lowest BCUT2D eigenvalue weighted by Crippen LogP contribution is -1.84. The van der Waals surface area contributed by atoms with Crippen molar-refractivity contribution in [3.05, 3.63) is 24.3 Å². The first-order valence-electron chi connectivity index (χ1n) is 7.07. The SMILES string of the molecule is CCCCC/C=C\C/C=C\CCCC(C)C. The van der Waals surface area contributed by atoms with Gasteiger partial charge < -0.3 is 0 Å². The molecule has 0 atom stereocenters. The summed E-state index contributed by atoms with van der Waals surface area (Å²) in [5, 5.41) is 0. The van der Waals surface area contributed by atoms with Gasteiger partial charge in [-0.3, -0.25) is 0 Å². The van der Waals surface area contributed by atoms with E-state index in [-0.39, 0.29) is 0 Å². The van der Waals surface area contributed by atoms with Gasteiger partial charge in [-0.25, -0.2) is 0 Å². The molecule has 0 unspecified atom stereocenters. The first kappa shape index (κ1) is 15.5. The summed E-state index contributed by atoms with van der Waals surface area (Å²) in [7, 11) is 0. The molecule has 0 saturated heterocycles. The fourth-order valence-corrected chi connectivity index (χ4v) is 1.66. The summed E-state index contributed by atoms with van der Waals surface area (Å²) in [5.74, 6) is 0.854. The van der Waals surface area contributed by atoms with Crippen molar-refractivity contribution in [2.75, 3.05) is 0 Å². The van der Waals surface area contributed by atoms with E-state index in [2.05, 4.69) is 45.1 Å². The van der Waals surface area contributed by atoms with Crippen molar-refractivity contribution in [1.29, 1.82) is 0 Å². The minimum Gasteiger partial charge on any atom is -0.0882 e. The van der Waals surface area contributed by atoms with Crippen LogP contribution in [0.2, 0.25) is 0 Å². The maximum atomic E-state index is 2.33. The summed E-state index contributed by atoms with van der Waals surface area (Å²) in [6.45, 7) is 6.84. The molecule has 0 aliphatic carbocycles. The van der Waals surface area contributed by atoms with E-state index in [1.54, 1.807) is 0 Å². The highest BCUT2D eigenvalue weighted by Gasteiger charge is 1.90. The minimum atomic E-state index is 0.854. The predicted octanol–water partition coefficient (Wildman–Crippen LogP) is 5.90. The molecular weight excluding hydrogens is 192 g/mol. The summed E-state index contributed by atoms with van der Waals surface area (Å²) in [6.07, 6.45) is 19.6. The van der Waals surface area contributed by atoms with Gasteiger partial charge in [-0.15, -0.1) is 0 Å². The van der Waals surface area contributed by atoms with Crippen LogP contribution in [0.15, 0.2) is 24.3 Å². The van der Waals surface area contributed by atoms with Gasteiger partial charge in [-0.2, -0.15) is 0 Å². The van der Waals surface area contributed by atoms with Gasteiger partial charge in [0, 0.05) is 0 Å². The fourth-order valence-electron chi connectivity index (χ4n) is 1.66. The fraction of sp³-hybridized carbons (Fsp3) is 0.750. The van der Waals surface area contributed by atoms with Crippen LogP contribution in [0.3, 0.4) is 0 Å². The third-order valence-corrected chi connectivity index (χ3v) is 2.73. The Hall–Kier alpha value is -0.520. The van der Waals surface area contributed by atoms with E-state index in [0.29, 0.717) is 0 Å². The molecule has 0 amide bonds. The van der Waals surface area contributed by atoms with Crippen molar-refractivity contribution in [3.63, 3.8) is 0 Å². The number of hydrogen-bond donors (Lipinski definition) is 0. The molecule has 0 bridgehead atoms. The highest BCUT2D eigenvalue weighted by Crippen LogP contribution is 2.06. The molecule has 0 aliphatic rings. The zero-order valence-corrected chi connectivity index (χ0v) is 11.5. The quantitative estimate of drug-likeness (QED) is 0.319. The zero-order chi connectivity index (χ0) is 12.1. The molecule has 16 heavy (non-hydrogen) atoms. The Morgan fingerprint density at radius 1 is 0.812 bits per heavy atom. The Morgan fingerprint density at radius 2 is 1.44 bits per heavy atom. The van der Waals surface area contributed by atoms with Crippen LogP contribution in [0, 0.1) is 5.92 Å². The molecule has 0 spiro atoms. The predicted molar refractivity (Wildman–Crippen MR) is 75.7 cm³/mol. The lowest BCUT2D eigenvalue weighted by molar-refractivity contribution is 0.559. The topological polar surface area (TPSA) is 0 Å². The second kappa shape index (κ2) is 12.5. The average Bonchev–Trinajstić information content (AvgIpc) is 2.25. The van der Waals surface area contributed by atoms with Crippen molar-refractivity contribution < 1.29 is 0 Å². The number of rotatable bonds is 10. The highest BCUT2D eigenvalue weighted by atomic mass is 14.0. The van der Waals surface area contributed by atoms with E-state index >= 15 is 0 Å². The first-order valence-corrected chi connectivity index (χ1v) is 7.07. The monoisotopic (exact) mass is 222 g/mol. The molecule has 0 aromatic rings. The molecule has 0 aliphatic heterocycles. The Bertz CT molecular complexity index is 174. The summed E-state index contributed by atoms with van der Waals surface area (Å²) >= 11 is 0. The normalized spacial score (nSPS) is 12.2. The lowest BCUT2D eigenvalue weighted by atomic mass is 10.1. The Balaban J connectivity index is 3.20. The molecular formula is C16H30. The third-order valence-electron chi connectivity index (χ3n) is 2.73. The van der Waals surface area contributed by atoms with Crippen molar-refractivity contribution >= 4 is 0 Å². The van der Waals surface area contributed by atoms with Crippen molar-refractivity contribution in [2.24, 2.45) is 5.92 Å². The standard InChI is InChI=1S/C16H30/c1-4-5-6-7-8-9-10-11-12-13-14-15-16(2)3/h8-9,11-12,16H,4-7,10,13-15H2,1-3H3/b9-8-,12-11-. The zero-order valence-electron chi connectivity index (χ0n) is 11.5. The Kier molecular flexibility index (Phi) is 12.1. The maximum Gasteiger partial charge on any atom is -0.0169 e. The van der Waals surface area contributed by atoms with Crippen LogP contribution in [0.4, 0.5) is 0 Å². The van der Waals surface area contributed by atoms with Gasteiger partial charge in [-0.1, -0.05) is 64.3 Å².